The molecule has 1 rings (SSSR count). The molecule has 5 nitrogen and oxygen atoms in total. The number of halogens is 4. The molecule has 0 bridgehead atoms. The molecule has 1 aromatic rings. The zero-order valence-electron chi connectivity index (χ0n) is 9.07. The van der Waals surface area contributed by atoms with E-state index in [2.05, 4.69) is 0 Å². The number of esters is 1. The Bertz CT molecular complexity index is 573. The molecule has 0 heterocycles. The van der Waals surface area contributed by atoms with Crippen molar-refractivity contribution < 1.29 is 31.1 Å². The van der Waals surface area contributed by atoms with Crippen molar-refractivity contribution in [3.8, 4) is 5.75 Å². The molecule has 0 saturated carbocycles. The summed E-state index contributed by atoms with van der Waals surface area (Å²) in [4.78, 5) is 11.2. The summed E-state index contributed by atoms with van der Waals surface area (Å²) in [6.07, 6.45) is 0. The summed E-state index contributed by atoms with van der Waals surface area (Å²) in [6.45, 7) is -1.10. The van der Waals surface area contributed by atoms with E-state index in [9.17, 15) is 26.4 Å². The molecular weight excluding hydrogens is 402 g/mol. The van der Waals surface area contributed by atoms with Crippen LogP contribution in [0.3, 0.4) is 0 Å². The fraction of sp³-hybridized carbons (Fsp3) is 0.222. The van der Waals surface area contributed by atoms with E-state index in [0.717, 1.165) is 4.72 Å². The smallest absolute Gasteiger partial charge is 0.424 e. The van der Waals surface area contributed by atoms with E-state index in [1.807, 2.05) is 22.6 Å². The molecule has 0 unspecified atom stereocenters. The molecule has 0 amide bonds. The van der Waals surface area contributed by atoms with Gasteiger partial charge in [-0.1, -0.05) is 12.1 Å². The first-order valence-electron chi connectivity index (χ1n) is 4.64. The predicted octanol–water partition coefficient (Wildman–Crippen LogP) is 1.64. The summed E-state index contributed by atoms with van der Waals surface area (Å²) in [5.74, 6) is -1.00. The number of hydrogen-bond donors (Lipinski definition) is 1. The summed E-state index contributed by atoms with van der Waals surface area (Å²) in [5, 5.41) is 0. The third kappa shape index (κ3) is 4.62. The number of nitrogens with one attached hydrogen (secondary N) is 1. The number of sulfonamides is 1. The van der Waals surface area contributed by atoms with Crippen LogP contribution in [-0.2, 0) is 14.8 Å². The Labute approximate surface area is 120 Å². The predicted molar refractivity (Wildman–Crippen MR) is 67.8 cm³/mol. The lowest BCUT2D eigenvalue weighted by molar-refractivity contribution is -0.133. The average Bonchev–Trinajstić information content (AvgIpc) is 2.28. The number of ether oxygens (including phenoxy) is 1. The standard InChI is InChI=1S/C9H7F3INO4S/c10-9(11,12)19(16,17)14-5-8(15)18-7-4-2-1-3-6(7)13/h1-4,14H,5H2. The van der Waals surface area contributed by atoms with Gasteiger partial charge in [-0.25, -0.2) is 8.42 Å². The number of hydrogen-bond acceptors (Lipinski definition) is 4. The number of benzene rings is 1. The van der Waals surface area contributed by atoms with Crippen LogP contribution in [0.1, 0.15) is 0 Å². The Hall–Kier alpha value is -0.880. The van der Waals surface area contributed by atoms with E-state index in [0.29, 0.717) is 3.57 Å². The van der Waals surface area contributed by atoms with Crippen molar-refractivity contribution in [2.45, 2.75) is 5.51 Å². The SMILES string of the molecule is O=C(CNS(=O)(=O)C(F)(F)F)Oc1ccccc1I. The van der Waals surface area contributed by atoms with Gasteiger partial charge in [0, 0.05) is 0 Å². The number of carbonyl (C=O) groups excluding carboxylic acids is 1. The minimum absolute atomic E-state index is 0.138. The molecule has 0 atom stereocenters. The second-order valence-corrected chi connectivity index (χ2v) is 6.10. The largest absolute Gasteiger partial charge is 0.511 e. The Morgan fingerprint density at radius 2 is 1.89 bits per heavy atom. The van der Waals surface area contributed by atoms with Crippen LogP contribution in [0.5, 0.6) is 5.75 Å². The number of para-hydroxylation sites is 1. The van der Waals surface area contributed by atoms with Crippen LogP contribution in [-0.4, -0.2) is 26.4 Å². The highest BCUT2D eigenvalue weighted by molar-refractivity contribution is 14.1. The average molecular weight is 409 g/mol. The van der Waals surface area contributed by atoms with Crippen molar-refractivity contribution >= 4 is 38.6 Å². The van der Waals surface area contributed by atoms with Gasteiger partial charge in [-0.2, -0.15) is 17.9 Å². The van der Waals surface area contributed by atoms with E-state index in [1.54, 1.807) is 18.2 Å². The maximum Gasteiger partial charge on any atom is 0.511 e. The van der Waals surface area contributed by atoms with Gasteiger partial charge in [0.2, 0.25) is 0 Å². The third-order valence-electron chi connectivity index (χ3n) is 1.77. The number of carbonyl (C=O) groups is 1. The zero-order chi connectivity index (χ0) is 14.7. The number of alkyl halides is 3. The maximum atomic E-state index is 12.0. The second kappa shape index (κ2) is 6.05. The van der Waals surface area contributed by atoms with Crippen molar-refractivity contribution in [1.82, 2.24) is 4.72 Å². The topological polar surface area (TPSA) is 72.5 Å². The second-order valence-electron chi connectivity index (χ2n) is 3.17. The fourth-order valence-electron chi connectivity index (χ4n) is 0.922. The van der Waals surface area contributed by atoms with Gasteiger partial charge in [0.1, 0.15) is 12.3 Å². The van der Waals surface area contributed by atoms with Crippen LogP contribution in [0, 0.1) is 3.57 Å². The fourth-order valence-corrected chi connectivity index (χ4v) is 1.89. The van der Waals surface area contributed by atoms with Crippen LogP contribution in [0.4, 0.5) is 13.2 Å². The lowest BCUT2D eigenvalue weighted by Crippen LogP contribution is -2.40. The van der Waals surface area contributed by atoms with Crippen LogP contribution < -0.4 is 9.46 Å². The van der Waals surface area contributed by atoms with Gasteiger partial charge in [-0.05, 0) is 34.7 Å². The molecule has 10 heteroatoms. The molecule has 1 aromatic carbocycles. The van der Waals surface area contributed by atoms with Crippen LogP contribution in [0.15, 0.2) is 24.3 Å². The molecule has 1 N–H and O–H groups in total. The van der Waals surface area contributed by atoms with Crippen molar-refractivity contribution in [1.29, 1.82) is 0 Å². The highest BCUT2D eigenvalue weighted by atomic mass is 127. The Balaban J connectivity index is 2.62. The molecule has 0 radical (unpaired) electrons. The first-order chi connectivity index (χ1) is 8.63. The summed E-state index contributed by atoms with van der Waals surface area (Å²) in [6, 6.07) is 6.27. The van der Waals surface area contributed by atoms with E-state index in [1.165, 1.54) is 6.07 Å². The summed E-state index contributed by atoms with van der Waals surface area (Å²) in [7, 11) is -5.55. The van der Waals surface area contributed by atoms with Crippen molar-refractivity contribution in [2.75, 3.05) is 6.54 Å². The van der Waals surface area contributed by atoms with E-state index in [4.69, 9.17) is 4.74 Å². The quantitative estimate of drug-likeness (QED) is 0.467. The minimum Gasteiger partial charge on any atom is -0.424 e. The normalized spacial score (nSPS) is 12.2. The third-order valence-corrected chi connectivity index (χ3v) is 3.80. The van der Waals surface area contributed by atoms with Gasteiger partial charge in [0.05, 0.1) is 3.57 Å². The summed E-state index contributed by atoms with van der Waals surface area (Å²) in [5.41, 5.74) is -5.46. The molecule has 0 fully saturated rings. The molecule has 0 saturated heterocycles. The van der Waals surface area contributed by atoms with Crippen LogP contribution >= 0.6 is 22.6 Å². The monoisotopic (exact) mass is 409 g/mol. The van der Waals surface area contributed by atoms with E-state index < -0.39 is 28.0 Å². The highest BCUT2D eigenvalue weighted by Crippen LogP contribution is 2.22. The summed E-state index contributed by atoms with van der Waals surface area (Å²) < 4.78 is 63.6. The lowest BCUT2D eigenvalue weighted by Gasteiger charge is -2.09. The molecule has 19 heavy (non-hydrogen) atoms. The minimum atomic E-state index is -5.55. The van der Waals surface area contributed by atoms with Gasteiger partial charge in [0.25, 0.3) is 0 Å². The molecule has 0 aliphatic rings. The lowest BCUT2D eigenvalue weighted by atomic mass is 10.3. The van der Waals surface area contributed by atoms with Gasteiger partial charge in [-0.3, -0.25) is 4.79 Å². The van der Waals surface area contributed by atoms with Crippen LogP contribution in [0.2, 0.25) is 0 Å². The Morgan fingerprint density at radius 1 is 1.32 bits per heavy atom. The maximum absolute atomic E-state index is 12.0. The molecule has 0 aromatic heterocycles. The van der Waals surface area contributed by atoms with Gasteiger partial charge >= 0.3 is 21.5 Å². The molecule has 0 aliphatic carbocycles. The van der Waals surface area contributed by atoms with Crippen molar-refractivity contribution in [3.63, 3.8) is 0 Å². The first-order valence-corrected chi connectivity index (χ1v) is 7.21. The molecule has 106 valence electrons. The zero-order valence-corrected chi connectivity index (χ0v) is 12.0. The van der Waals surface area contributed by atoms with Gasteiger partial charge < -0.3 is 4.74 Å². The van der Waals surface area contributed by atoms with Crippen molar-refractivity contribution in [2.24, 2.45) is 0 Å². The highest BCUT2D eigenvalue weighted by Gasteiger charge is 2.45. The molecule has 0 aliphatic heterocycles. The van der Waals surface area contributed by atoms with Crippen molar-refractivity contribution in [3.05, 3.63) is 27.8 Å². The number of rotatable bonds is 4. The first kappa shape index (κ1) is 16.2. The van der Waals surface area contributed by atoms with E-state index in [-0.39, 0.29) is 5.75 Å². The van der Waals surface area contributed by atoms with Gasteiger partial charge in [-0.15, -0.1) is 0 Å². The molecule has 0 spiro atoms. The Kier molecular flexibility index (Phi) is 5.15. The molecular formula is C9H7F3INO4S. The van der Waals surface area contributed by atoms with Gasteiger partial charge in [0.15, 0.2) is 0 Å². The summed E-state index contributed by atoms with van der Waals surface area (Å²) >= 11 is 1.86. The van der Waals surface area contributed by atoms with Crippen LogP contribution in [0.25, 0.3) is 0 Å². The van der Waals surface area contributed by atoms with E-state index >= 15 is 0 Å². The Morgan fingerprint density at radius 3 is 2.42 bits per heavy atom.